The summed E-state index contributed by atoms with van der Waals surface area (Å²) in [5.41, 5.74) is 4.85. The Morgan fingerprint density at radius 3 is 2.83 bits per heavy atom. The van der Waals surface area contributed by atoms with Crippen molar-refractivity contribution in [2.24, 2.45) is 5.10 Å². The maximum absolute atomic E-state index is 12.4. The zero-order valence-electron chi connectivity index (χ0n) is 15.6. The molecule has 146 valence electrons. The molecule has 0 bridgehead atoms. The van der Waals surface area contributed by atoms with Gasteiger partial charge in [-0.25, -0.2) is 5.43 Å². The highest BCUT2D eigenvalue weighted by Gasteiger charge is 2.12. The lowest BCUT2D eigenvalue weighted by Gasteiger charge is -2.06. The standard InChI is InChI=1S/C22H18ClN3O3/c1-2-28-19-9-10-20-15(12-19)13-21(29-20)22(27)25-24-14-18-4-3-11-26(18)17-7-5-16(23)6-8-17/h3-14H,2H2,1H3,(H,25,27)/b24-14+. The van der Waals surface area contributed by atoms with E-state index in [-0.39, 0.29) is 5.76 Å². The highest BCUT2D eigenvalue weighted by Crippen LogP contribution is 2.24. The molecule has 0 radical (unpaired) electrons. The highest BCUT2D eigenvalue weighted by molar-refractivity contribution is 6.30. The molecule has 2 heterocycles. The molecule has 4 rings (SSSR count). The average Bonchev–Trinajstić information content (AvgIpc) is 3.35. The Balaban J connectivity index is 1.47. The maximum atomic E-state index is 12.4. The third kappa shape index (κ3) is 4.17. The Kier molecular flexibility index (Phi) is 5.35. The van der Waals surface area contributed by atoms with Crippen LogP contribution in [-0.4, -0.2) is 23.3 Å². The smallest absolute Gasteiger partial charge is 0.307 e. The number of furan rings is 1. The van der Waals surface area contributed by atoms with E-state index in [1.165, 1.54) is 0 Å². The maximum Gasteiger partial charge on any atom is 0.307 e. The van der Waals surface area contributed by atoms with E-state index in [9.17, 15) is 4.79 Å². The van der Waals surface area contributed by atoms with Crippen molar-refractivity contribution in [2.75, 3.05) is 6.61 Å². The fourth-order valence-corrected chi connectivity index (χ4v) is 3.06. The van der Waals surface area contributed by atoms with Gasteiger partial charge in [-0.1, -0.05) is 11.6 Å². The van der Waals surface area contributed by atoms with Crippen LogP contribution in [-0.2, 0) is 0 Å². The number of aromatic nitrogens is 1. The molecular formula is C22H18ClN3O3. The molecule has 0 aliphatic heterocycles. The molecule has 29 heavy (non-hydrogen) atoms. The van der Waals surface area contributed by atoms with Crippen LogP contribution < -0.4 is 10.2 Å². The largest absolute Gasteiger partial charge is 0.494 e. The summed E-state index contributed by atoms with van der Waals surface area (Å²) in [7, 11) is 0. The number of fused-ring (bicyclic) bond motifs is 1. The van der Waals surface area contributed by atoms with Crippen LogP contribution in [0.1, 0.15) is 23.2 Å². The van der Waals surface area contributed by atoms with Gasteiger partial charge in [0.05, 0.1) is 18.5 Å². The predicted octanol–water partition coefficient (Wildman–Crippen LogP) is 5.04. The van der Waals surface area contributed by atoms with Crippen LogP contribution in [0.4, 0.5) is 0 Å². The Morgan fingerprint density at radius 2 is 2.03 bits per heavy atom. The van der Waals surface area contributed by atoms with Crippen molar-refractivity contribution in [1.82, 2.24) is 9.99 Å². The first-order chi connectivity index (χ1) is 14.1. The van der Waals surface area contributed by atoms with Crippen LogP contribution in [0, 0.1) is 0 Å². The second-order valence-electron chi connectivity index (χ2n) is 6.22. The van der Waals surface area contributed by atoms with Crippen molar-refractivity contribution in [3.05, 3.63) is 83.3 Å². The molecule has 7 heteroatoms. The number of ether oxygens (including phenoxy) is 1. The van der Waals surface area contributed by atoms with E-state index in [4.69, 9.17) is 20.8 Å². The van der Waals surface area contributed by atoms with Crippen LogP contribution in [0.15, 0.2) is 76.4 Å². The molecule has 2 aromatic heterocycles. The van der Waals surface area contributed by atoms with Gasteiger partial charge in [-0.3, -0.25) is 4.79 Å². The van der Waals surface area contributed by atoms with Gasteiger partial charge in [0.25, 0.3) is 0 Å². The first-order valence-corrected chi connectivity index (χ1v) is 9.45. The van der Waals surface area contributed by atoms with Gasteiger partial charge in [-0.2, -0.15) is 5.10 Å². The van der Waals surface area contributed by atoms with E-state index in [0.717, 1.165) is 22.5 Å². The number of nitrogens with one attached hydrogen (secondary N) is 1. The SMILES string of the molecule is CCOc1ccc2oc(C(=O)N/N=C/c3cccn3-c3ccc(Cl)cc3)cc2c1. The minimum Gasteiger partial charge on any atom is -0.494 e. The summed E-state index contributed by atoms with van der Waals surface area (Å²) in [6.45, 7) is 2.49. The van der Waals surface area contributed by atoms with E-state index >= 15 is 0 Å². The molecule has 4 aromatic rings. The molecule has 1 N–H and O–H groups in total. The van der Waals surface area contributed by atoms with Crippen molar-refractivity contribution < 1.29 is 13.9 Å². The fourth-order valence-electron chi connectivity index (χ4n) is 2.94. The fraction of sp³-hybridized carbons (Fsp3) is 0.0909. The van der Waals surface area contributed by atoms with Crippen molar-refractivity contribution >= 4 is 34.7 Å². The third-order valence-corrected chi connectivity index (χ3v) is 4.52. The molecular weight excluding hydrogens is 390 g/mol. The van der Waals surface area contributed by atoms with Crippen LogP contribution in [0.5, 0.6) is 5.75 Å². The highest BCUT2D eigenvalue weighted by atomic mass is 35.5. The van der Waals surface area contributed by atoms with Gasteiger partial charge < -0.3 is 13.7 Å². The van der Waals surface area contributed by atoms with Gasteiger partial charge in [0.1, 0.15) is 11.3 Å². The van der Waals surface area contributed by atoms with Crippen molar-refractivity contribution in [3.63, 3.8) is 0 Å². The number of hydrogen-bond acceptors (Lipinski definition) is 4. The first kappa shape index (κ1) is 18.8. The molecule has 1 amide bonds. The average molecular weight is 408 g/mol. The Morgan fingerprint density at radius 1 is 1.21 bits per heavy atom. The van der Waals surface area contributed by atoms with Gasteiger partial charge in [-0.05, 0) is 67.6 Å². The molecule has 0 unspecified atom stereocenters. The zero-order chi connectivity index (χ0) is 20.2. The molecule has 0 saturated heterocycles. The second kappa shape index (κ2) is 8.24. The van der Waals surface area contributed by atoms with Gasteiger partial charge >= 0.3 is 5.91 Å². The lowest BCUT2D eigenvalue weighted by atomic mass is 10.2. The van der Waals surface area contributed by atoms with Gasteiger partial charge in [0.15, 0.2) is 5.76 Å². The Hall–Kier alpha value is -3.51. The second-order valence-corrected chi connectivity index (χ2v) is 6.66. The number of halogens is 1. The summed E-state index contributed by atoms with van der Waals surface area (Å²) < 4.78 is 13.0. The topological polar surface area (TPSA) is 68.8 Å². The van der Waals surface area contributed by atoms with Crippen molar-refractivity contribution in [1.29, 1.82) is 0 Å². The molecule has 6 nitrogen and oxygen atoms in total. The zero-order valence-corrected chi connectivity index (χ0v) is 16.4. The van der Waals surface area contributed by atoms with Crippen molar-refractivity contribution in [2.45, 2.75) is 6.92 Å². The number of rotatable bonds is 6. The summed E-state index contributed by atoms with van der Waals surface area (Å²) in [6.07, 6.45) is 3.48. The number of benzene rings is 2. The predicted molar refractivity (Wildman–Crippen MR) is 113 cm³/mol. The summed E-state index contributed by atoms with van der Waals surface area (Å²) in [6, 6.07) is 18.3. The molecule has 0 aliphatic carbocycles. The number of carbonyl (C=O) groups excluding carboxylic acids is 1. The molecule has 0 saturated carbocycles. The minimum absolute atomic E-state index is 0.180. The number of amides is 1. The van der Waals surface area contributed by atoms with E-state index in [2.05, 4.69) is 10.5 Å². The van der Waals surface area contributed by atoms with E-state index in [0.29, 0.717) is 17.2 Å². The third-order valence-electron chi connectivity index (χ3n) is 4.27. The quantitative estimate of drug-likeness (QED) is 0.359. The van der Waals surface area contributed by atoms with Gasteiger partial charge in [0, 0.05) is 22.3 Å². The molecule has 0 aliphatic rings. The Labute approximate surface area is 172 Å². The van der Waals surface area contributed by atoms with Crippen LogP contribution in [0.2, 0.25) is 5.02 Å². The summed E-state index contributed by atoms with van der Waals surface area (Å²) in [5.74, 6) is 0.479. The Bertz CT molecular complexity index is 1180. The number of hydrogen-bond donors (Lipinski definition) is 1. The molecule has 0 fully saturated rings. The van der Waals surface area contributed by atoms with Gasteiger partial charge in [0.2, 0.25) is 0 Å². The van der Waals surface area contributed by atoms with E-state index in [1.807, 2.05) is 60.2 Å². The number of carbonyl (C=O) groups is 1. The number of nitrogens with zero attached hydrogens (tertiary/aromatic N) is 2. The summed E-state index contributed by atoms with van der Waals surface area (Å²) in [4.78, 5) is 12.4. The van der Waals surface area contributed by atoms with Gasteiger partial charge in [-0.15, -0.1) is 0 Å². The summed E-state index contributed by atoms with van der Waals surface area (Å²) in [5, 5.41) is 5.52. The molecule has 0 atom stereocenters. The molecule has 0 spiro atoms. The lowest BCUT2D eigenvalue weighted by molar-refractivity contribution is 0.0929. The molecule has 2 aromatic carbocycles. The van der Waals surface area contributed by atoms with Crippen LogP contribution in [0.25, 0.3) is 16.7 Å². The van der Waals surface area contributed by atoms with Crippen LogP contribution >= 0.6 is 11.6 Å². The first-order valence-electron chi connectivity index (χ1n) is 9.07. The normalized spacial score (nSPS) is 11.2. The lowest BCUT2D eigenvalue weighted by Crippen LogP contribution is -2.17. The van der Waals surface area contributed by atoms with E-state index < -0.39 is 5.91 Å². The van der Waals surface area contributed by atoms with E-state index in [1.54, 1.807) is 24.4 Å². The summed E-state index contributed by atoms with van der Waals surface area (Å²) >= 11 is 5.94. The number of hydrazone groups is 1. The van der Waals surface area contributed by atoms with Crippen LogP contribution in [0.3, 0.4) is 0 Å². The monoisotopic (exact) mass is 407 g/mol. The minimum atomic E-state index is -0.431. The van der Waals surface area contributed by atoms with Crippen molar-refractivity contribution in [3.8, 4) is 11.4 Å².